The van der Waals surface area contributed by atoms with Crippen LogP contribution in [-0.2, 0) is 6.42 Å². The highest BCUT2D eigenvalue weighted by Crippen LogP contribution is 2.44. The molecular formula is C44H30N4O. The van der Waals surface area contributed by atoms with Crippen LogP contribution in [0.5, 0.6) is 0 Å². The summed E-state index contributed by atoms with van der Waals surface area (Å²) in [6, 6.07) is 44.7. The lowest BCUT2D eigenvalue weighted by Gasteiger charge is -2.26. The van der Waals surface area contributed by atoms with E-state index in [9.17, 15) is 0 Å². The summed E-state index contributed by atoms with van der Waals surface area (Å²) in [6.45, 7) is 0. The van der Waals surface area contributed by atoms with Gasteiger partial charge in [0.05, 0.1) is 46.4 Å². The number of allylic oxidation sites excluding steroid dienone is 1. The minimum absolute atomic E-state index is 0.849. The van der Waals surface area contributed by atoms with Crippen LogP contribution < -0.4 is 4.90 Å². The summed E-state index contributed by atoms with van der Waals surface area (Å²) < 4.78 is 8.92. The minimum atomic E-state index is 0.849. The van der Waals surface area contributed by atoms with Gasteiger partial charge in [-0.1, -0.05) is 84.9 Å². The summed E-state index contributed by atoms with van der Waals surface area (Å²) >= 11 is 0. The summed E-state index contributed by atoms with van der Waals surface area (Å²) in [5.41, 5.74) is 11.6. The maximum atomic E-state index is 6.56. The van der Waals surface area contributed by atoms with Crippen LogP contribution in [0.1, 0.15) is 17.7 Å². The molecule has 49 heavy (non-hydrogen) atoms. The molecule has 0 saturated heterocycles. The van der Waals surface area contributed by atoms with E-state index in [0.29, 0.717) is 0 Å². The van der Waals surface area contributed by atoms with Crippen molar-refractivity contribution in [2.45, 2.75) is 12.8 Å². The third-order valence-electron chi connectivity index (χ3n) is 9.78. The van der Waals surface area contributed by atoms with Gasteiger partial charge in [-0.2, -0.15) is 0 Å². The minimum Gasteiger partial charge on any atom is -0.454 e. The average Bonchev–Trinajstić information content (AvgIpc) is 3.72. The van der Waals surface area contributed by atoms with Gasteiger partial charge in [-0.15, -0.1) is 0 Å². The second-order valence-corrected chi connectivity index (χ2v) is 12.6. The lowest BCUT2D eigenvalue weighted by atomic mass is 10.0. The Morgan fingerprint density at radius 1 is 0.673 bits per heavy atom. The molecule has 0 bridgehead atoms. The van der Waals surface area contributed by atoms with Crippen LogP contribution in [0.3, 0.4) is 0 Å². The lowest BCUT2D eigenvalue weighted by Crippen LogP contribution is -2.11. The molecule has 0 radical (unpaired) electrons. The van der Waals surface area contributed by atoms with E-state index in [-0.39, 0.29) is 0 Å². The van der Waals surface area contributed by atoms with E-state index in [4.69, 9.17) is 9.40 Å². The fourth-order valence-electron chi connectivity index (χ4n) is 7.57. The van der Waals surface area contributed by atoms with Crippen LogP contribution in [0.25, 0.3) is 66.6 Å². The molecule has 5 heteroatoms. The predicted octanol–water partition coefficient (Wildman–Crippen LogP) is 11.6. The fourth-order valence-corrected chi connectivity index (χ4v) is 7.57. The van der Waals surface area contributed by atoms with Crippen LogP contribution in [0, 0.1) is 0 Å². The third kappa shape index (κ3) is 4.40. The standard InChI is InChI=1S/C44H30N4O/c1-2-13-33-29(10-1)11-7-18-39(33)48(42-19-8-16-36-35-15-4-6-20-43(35)49-44(36)42)32-22-23-38(46-28-32)30-21-24-41-37(26-30)34-14-3-5-17-40(34)47(41)31-12-9-25-45-27-31/h1-4,6-16,18-28H,5,17H2. The lowest BCUT2D eigenvalue weighted by molar-refractivity contribution is 0.669. The summed E-state index contributed by atoms with van der Waals surface area (Å²) in [5, 5.41) is 5.76. The van der Waals surface area contributed by atoms with Crippen molar-refractivity contribution in [2.24, 2.45) is 0 Å². The Balaban J connectivity index is 1.13. The third-order valence-corrected chi connectivity index (χ3v) is 9.78. The number of nitrogens with zero attached hydrogens (tertiary/aromatic N) is 4. The number of hydrogen-bond acceptors (Lipinski definition) is 4. The number of rotatable bonds is 5. The molecular weight excluding hydrogens is 601 g/mol. The number of aromatic nitrogens is 3. The van der Waals surface area contributed by atoms with E-state index in [2.05, 4.69) is 136 Å². The number of para-hydroxylation sites is 2. The van der Waals surface area contributed by atoms with E-state index in [0.717, 1.165) is 74.2 Å². The van der Waals surface area contributed by atoms with Crippen LogP contribution in [0.15, 0.2) is 156 Å². The smallest absolute Gasteiger partial charge is 0.159 e. The van der Waals surface area contributed by atoms with Gasteiger partial charge in [-0.3, -0.25) is 9.97 Å². The number of hydrogen-bond donors (Lipinski definition) is 0. The molecule has 0 spiro atoms. The highest BCUT2D eigenvalue weighted by atomic mass is 16.3. The van der Waals surface area contributed by atoms with Gasteiger partial charge in [0.1, 0.15) is 5.58 Å². The molecule has 9 aromatic rings. The second kappa shape index (κ2) is 11.1. The molecule has 5 aromatic carbocycles. The second-order valence-electron chi connectivity index (χ2n) is 12.6. The molecule has 0 saturated carbocycles. The molecule has 232 valence electrons. The molecule has 0 unspecified atom stereocenters. The van der Waals surface area contributed by atoms with Gasteiger partial charge in [-0.25, -0.2) is 0 Å². The highest BCUT2D eigenvalue weighted by molar-refractivity contribution is 6.11. The molecule has 1 aliphatic rings. The van der Waals surface area contributed by atoms with Gasteiger partial charge in [-0.05, 0) is 72.8 Å². The zero-order valence-electron chi connectivity index (χ0n) is 26.6. The molecule has 0 amide bonds. The first-order chi connectivity index (χ1) is 24.3. The maximum absolute atomic E-state index is 6.56. The first-order valence-corrected chi connectivity index (χ1v) is 16.7. The Bertz CT molecular complexity index is 2710. The Labute approximate surface area is 283 Å². The van der Waals surface area contributed by atoms with Crippen LogP contribution in [0.4, 0.5) is 17.1 Å². The van der Waals surface area contributed by atoms with Crippen LogP contribution in [-0.4, -0.2) is 14.5 Å². The molecule has 0 fully saturated rings. The number of anilines is 3. The van der Waals surface area contributed by atoms with Crippen LogP contribution in [0.2, 0.25) is 0 Å². The van der Waals surface area contributed by atoms with Gasteiger partial charge in [0.15, 0.2) is 5.58 Å². The van der Waals surface area contributed by atoms with E-state index in [1.807, 2.05) is 36.8 Å². The largest absolute Gasteiger partial charge is 0.454 e. The Kier molecular flexibility index (Phi) is 6.24. The van der Waals surface area contributed by atoms with Gasteiger partial charge < -0.3 is 13.9 Å². The summed E-state index contributed by atoms with van der Waals surface area (Å²) in [5.74, 6) is 0. The molecule has 0 N–H and O–H groups in total. The zero-order valence-corrected chi connectivity index (χ0v) is 26.6. The van der Waals surface area contributed by atoms with Crippen molar-refractivity contribution in [3.05, 3.63) is 163 Å². The molecule has 5 nitrogen and oxygen atoms in total. The van der Waals surface area contributed by atoms with Crippen molar-refractivity contribution in [2.75, 3.05) is 4.90 Å². The van der Waals surface area contributed by atoms with E-state index >= 15 is 0 Å². The number of pyridine rings is 2. The molecule has 4 aromatic heterocycles. The van der Waals surface area contributed by atoms with Crippen molar-refractivity contribution >= 4 is 66.8 Å². The molecule has 1 aliphatic carbocycles. The number of furan rings is 1. The van der Waals surface area contributed by atoms with Crippen molar-refractivity contribution < 1.29 is 4.42 Å². The quantitative estimate of drug-likeness (QED) is 0.190. The summed E-state index contributed by atoms with van der Waals surface area (Å²) in [4.78, 5) is 11.8. The molecule has 10 rings (SSSR count). The van der Waals surface area contributed by atoms with Crippen molar-refractivity contribution in [3.8, 4) is 16.9 Å². The maximum Gasteiger partial charge on any atom is 0.159 e. The first kappa shape index (κ1) is 27.6. The average molecular weight is 631 g/mol. The summed E-state index contributed by atoms with van der Waals surface area (Å²) in [6.07, 6.45) is 12.3. The highest BCUT2D eigenvalue weighted by Gasteiger charge is 2.22. The fraction of sp³-hybridized carbons (Fsp3) is 0.0455. The van der Waals surface area contributed by atoms with Gasteiger partial charge in [0, 0.05) is 44.6 Å². The Hall–Kier alpha value is -6.46. The molecule has 0 atom stereocenters. The monoisotopic (exact) mass is 630 g/mol. The van der Waals surface area contributed by atoms with Crippen LogP contribution >= 0.6 is 0 Å². The zero-order chi connectivity index (χ0) is 32.3. The molecule has 0 aliphatic heterocycles. The van der Waals surface area contributed by atoms with E-state index in [1.54, 1.807) is 0 Å². The van der Waals surface area contributed by atoms with Crippen molar-refractivity contribution in [1.29, 1.82) is 0 Å². The summed E-state index contributed by atoms with van der Waals surface area (Å²) in [7, 11) is 0. The Morgan fingerprint density at radius 3 is 2.41 bits per heavy atom. The predicted molar refractivity (Wildman–Crippen MR) is 201 cm³/mol. The first-order valence-electron chi connectivity index (χ1n) is 16.7. The SMILES string of the molecule is C1=Cc2c(n(-c3cccnc3)c3ccc(-c4ccc(N(c5cccc6ccccc56)c5cccc6c5oc5ccccc56)cn4)cc23)CC1. The molecule has 4 heterocycles. The van der Waals surface area contributed by atoms with E-state index < -0.39 is 0 Å². The number of benzene rings is 5. The van der Waals surface area contributed by atoms with E-state index in [1.165, 1.54) is 27.5 Å². The number of fused-ring (bicyclic) bond motifs is 7. The van der Waals surface area contributed by atoms with Crippen molar-refractivity contribution in [1.82, 2.24) is 14.5 Å². The Morgan fingerprint density at radius 2 is 1.51 bits per heavy atom. The van der Waals surface area contributed by atoms with Gasteiger partial charge in [0.25, 0.3) is 0 Å². The van der Waals surface area contributed by atoms with Gasteiger partial charge in [0.2, 0.25) is 0 Å². The van der Waals surface area contributed by atoms with Gasteiger partial charge >= 0.3 is 0 Å². The van der Waals surface area contributed by atoms with Crippen molar-refractivity contribution in [3.63, 3.8) is 0 Å². The topological polar surface area (TPSA) is 47.1 Å². The normalized spacial score (nSPS) is 12.7.